The summed E-state index contributed by atoms with van der Waals surface area (Å²) < 4.78 is 0. The Morgan fingerprint density at radius 3 is 1.23 bits per heavy atom. The van der Waals surface area contributed by atoms with Crippen molar-refractivity contribution in [2.45, 2.75) is 139 Å². The molecule has 6 rings (SSSR count). The number of carboxylic acid groups (broad SMARTS) is 1. The summed E-state index contributed by atoms with van der Waals surface area (Å²) in [5.74, 6) is -7.36. The van der Waals surface area contributed by atoms with Gasteiger partial charge in [-0.1, -0.05) is 97.1 Å². The highest BCUT2D eigenvalue weighted by Crippen LogP contribution is 2.22. The Morgan fingerprint density at radius 2 is 0.795 bits per heavy atom. The molecule has 7 amide bonds. The van der Waals surface area contributed by atoms with E-state index in [9.17, 15) is 53.7 Å². The molecule has 23 heteroatoms. The molecule has 0 fully saturated rings. The lowest BCUT2D eigenvalue weighted by molar-refractivity contribution is -0.145. The van der Waals surface area contributed by atoms with Gasteiger partial charge in [0.05, 0.1) is 18.2 Å². The summed E-state index contributed by atoms with van der Waals surface area (Å²) in [6.45, 7) is 2.97. The molecule has 0 aliphatic heterocycles. The highest BCUT2D eigenvalue weighted by molar-refractivity contribution is 5.98. The number of nitrogens with one attached hydrogen (secondary N) is 9. The van der Waals surface area contributed by atoms with Crippen molar-refractivity contribution in [3.05, 3.63) is 144 Å². The summed E-state index contributed by atoms with van der Waals surface area (Å²) in [6.07, 6.45) is 1.80. The highest BCUT2D eigenvalue weighted by Gasteiger charge is 2.37. The lowest BCUT2D eigenvalue weighted by atomic mass is 10.0. The zero-order valence-electron chi connectivity index (χ0n) is 46.6. The van der Waals surface area contributed by atoms with Gasteiger partial charge < -0.3 is 79.7 Å². The van der Waals surface area contributed by atoms with E-state index < -0.39 is 108 Å². The van der Waals surface area contributed by atoms with Gasteiger partial charge in [-0.05, 0) is 106 Å². The van der Waals surface area contributed by atoms with Gasteiger partial charge in [-0.15, -0.1) is 0 Å². The Morgan fingerprint density at radius 1 is 0.434 bits per heavy atom. The number of aliphatic carboxylic acids is 1. The maximum absolute atomic E-state index is 14.8. The molecule has 2 aromatic heterocycles. The minimum Gasteiger partial charge on any atom is -0.480 e. The Kier molecular flexibility index (Phi) is 24.3. The molecule has 10 unspecified atom stereocenters. The Hall–Kier alpha value is -8.48. The molecule has 0 bridgehead atoms. The van der Waals surface area contributed by atoms with Crippen LogP contribution in [0.2, 0.25) is 0 Å². The molecule has 10 atom stereocenters. The number of unbranched alkanes of at least 4 members (excludes halogenated alkanes) is 2. The molecular weight excluding hydrogens is 1060 g/mol. The molecule has 0 aliphatic rings. The number of carboxylic acids is 1. The van der Waals surface area contributed by atoms with E-state index in [0.29, 0.717) is 42.4 Å². The fourth-order valence-corrected chi connectivity index (χ4v) is 9.66. The molecule has 0 radical (unpaired) electrons. The van der Waals surface area contributed by atoms with Gasteiger partial charge in [0.25, 0.3) is 0 Å². The number of hydrogen-bond donors (Lipinski definition) is 15. The number of rotatable bonds is 33. The van der Waals surface area contributed by atoms with Crippen molar-refractivity contribution in [1.82, 2.24) is 47.2 Å². The van der Waals surface area contributed by atoms with E-state index in [1.165, 1.54) is 13.8 Å². The van der Waals surface area contributed by atoms with E-state index in [0.717, 1.165) is 27.4 Å². The van der Waals surface area contributed by atoms with Crippen LogP contribution in [0.4, 0.5) is 0 Å². The number of aromatic nitrogens is 2. The van der Waals surface area contributed by atoms with Crippen molar-refractivity contribution >= 4 is 69.1 Å². The van der Waals surface area contributed by atoms with E-state index in [2.05, 4.69) is 47.2 Å². The number of hydrogen-bond acceptors (Lipinski definition) is 13. The van der Waals surface area contributed by atoms with E-state index in [1.807, 2.05) is 72.8 Å². The van der Waals surface area contributed by atoms with Crippen LogP contribution in [0.3, 0.4) is 0 Å². The molecule has 0 aliphatic carbocycles. The second-order valence-corrected chi connectivity index (χ2v) is 20.8. The van der Waals surface area contributed by atoms with Crippen molar-refractivity contribution in [1.29, 1.82) is 0 Å². The van der Waals surface area contributed by atoms with Gasteiger partial charge in [0.2, 0.25) is 41.4 Å². The summed E-state index contributed by atoms with van der Waals surface area (Å²) in [5, 5.41) is 51.2. The minimum atomic E-state index is -1.73. The first-order valence-corrected chi connectivity index (χ1v) is 27.9. The van der Waals surface area contributed by atoms with Crippen molar-refractivity contribution in [3.8, 4) is 0 Å². The van der Waals surface area contributed by atoms with Gasteiger partial charge >= 0.3 is 5.97 Å². The summed E-state index contributed by atoms with van der Waals surface area (Å²) in [4.78, 5) is 119. The number of amides is 7. The number of benzene rings is 4. The van der Waals surface area contributed by atoms with Gasteiger partial charge in [0.15, 0.2) is 6.04 Å². The second kappa shape index (κ2) is 31.7. The fraction of sp³-hybridized carbons (Fsp3) is 0.400. The molecule has 6 aromatic rings. The van der Waals surface area contributed by atoms with E-state index in [4.69, 9.17) is 17.2 Å². The molecule has 0 saturated carbocycles. The van der Waals surface area contributed by atoms with Crippen LogP contribution in [-0.4, -0.2) is 146 Å². The topological polar surface area (TPSA) is 391 Å². The summed E-state index contributed by atoms with van der Waals surface area (Å²) in [7, 11) is 0. The van der Waals surface area contributed by atoms with Crippen LogP contribution in [0, 0.1) is 0 Å². The molecule has 0 spiro atoms. The molecular formula is C60H78N12O11. The van der Waals surface area contributed by atoms with E-state index in [1.54, 1.807) is 48.8 Å². The van der Waals surface area contributed by atoms with Gasteiger partial charge in [0.1, 0.15) is 36.3 Å². The van der Waals surface area contributed by atoms with E-state index >= 15 is 0 Å². The van der Waals surface area contributed by atoms with Crippen LogP contribution in [-0.2, 0) is 64.0 Å². The lowest BCUT2D eigenvalue weighted by Crippen LogP contribution is -2.62. The molecule has 4 aromatic carbocycles. The normalized spacial score (nSPS) is 15.0. The molecule has 0 saturated heterocycles. The van der Waals surface area contributed by atoms with Crippen LogP contribution >= 0.6 is 0 Å². The van der Waals surface area contributed by atoms with Crippen molar-refractivity contribution in [2.75, 3.05) is 13.1 Å². The van der Waals surface area contributed by atoms with Gasteiger partial charge in [-0.2, -0.15) is 0 Å². The molecule has 83 heavy (non-hydrogen) atoms. The average molecular weight is 1140 g/mol. The zero-order chi connectivity index (χ0) is 60.0. The van der Waals surface area contributed by atoms with Crippen LogP contribution in [0.5, 0.6) is 0 Å². The van der Waals surface area contributed by atoms with E-state index in [-0.39, 0.29) is 51.6 Å². The number of para-hydroxylation sites is 2. The second-order valence-electron chi connectivity index (χ2n) is 20.8. The monoisotopic (exact) mass is 1140 g/mol. The minimum absolute atomic E-state index is 0.00740. The third kappa shape index (κ3) is 18.8. The Balaban J connectivity index is 1.26. The van der Waals surface area contributed by atoms with Crippen LogP contribution in [0.1, 0.15) is 74.6 Å². The van der Waals surface area contributed by atoms with Crippen molar-refractivity contribution in [3.63, 3.8) is 0 Å². The lowest BCUT2D eigenvalue weighted by Gasteiger charge is -2.29. The largest absolute Gasteiger partial charge is 0.480 e. The number of aromatic amines is 2. The summed E-state index contributed by atoms with van der Waals surface area (Å²) in [5.41, 5.74) is 22.1. The number of carbonyl (C=O) groups excluding carboxylic acids is 7. The first-order valence-electron chi connectivity index (χ1n) is 27.9. The van der Waals surface area contributed by atoms with Crippen molar-refractivity contribution < 1.29 is 53.7 Å². The molecule has 2 heterocycles. The standard InChI is InChI=1S/C60H78N12O11/c1-35(73)51(71-54(76)46(25-13-15-27-61)66-57(79)49(31-39-33-64-44-23-11-9-21-41(39)44)68-53(75)43(63)29-37-17-5-3-6-18-37)59(81)70-48(30-38-19-7-4-8-20-38)56(78)69-50(32-40-34-65-45-24-12-10-22-42(40)45)58(80)67-47(26-14-16-28-62)55(77)72-52(36(2)74)60(82)83/h3-12,17-24,33-36,43,46-52,64-65,73-74H,13-16,25-32,61-63H2,1-2H3,(H,66,79)(H,67,80)(H,68,75)(H,69,78)(H,70,81)(H,71,76)(H,72,77)(H,82,83). The maximum Gasteiger partial charge on any atom is 0.328 e. The van der Waals surface area contributed by atoms with Crippen LogP contribution in [0.25, 0.3) is 21.8 Å². The third-order valence-corrected chi connectivity index (χ3v) is 14.3. The molecule has 18 N–H and O–H groups in total. The van der Waals surface area contributed by atoms with Crippen molar-refractivity contribution in [2.24, 2.45) is 17.2 Å². The molecule has 23 nitrogen and oxygen atoms in total. The quantitative estimate of drug-likeness (QED) is 0.0253. The van der Waals surface area contributed by atoms with Crippen LogP contribution < -0.4 is 54.4 Å². The van der Waals surface area contributed by atoms with Gasteiger partial charge in [-0.3, -0.25) is 33.6 Å². The smallest absolute Gasteiger partial charge is 0.328 e. The fourth-order valence-electron chi connectivity index (χ4n) is 9.66. The number of carbonyl (C=O) groups is 8. The Bertz CT molecular complexity index is 3120. The first-order chi connectivity index (χ1) is 39.9. The summed E-state index contributed by atoms with van der Waals surface area (Å²) >= 11 is 0. The highest BCUT2D eigenvalue weighted by atomic mass is 16.4. The number of aliphatic hydroxyl groups is 2. The predicted molar refractivity (Wildman–Crippen MR) is 313 cm³/mol. The maximum atomic E-state index is 14.8. The Labute approximate surface area is 481 Å². The first kappa shape index (κ1) is 63.7. The number of H-pyrrole nitrogens is 2. The number of fused-ring (bicyclic) bond motifs is 2. The van der Waals surface area contributed by atoms with Gasteiger partial charge in [-0.25, -0.2) is 4.79 Å². The molecule has 444 valence electrons. The third-order valence-electron chi connectivity index (χ3n) is 14.3. The summed E-state index contributed by atoms with van der Waals surface area (Å²) in [6, 6.07) is 21.1. The van der Waals surface area contributed by atoms with Crippen LogP contribution in [0.15, 0.2) is 122 Å². The average Bonchev–Trinajstić information content (AvgIpc) is 4.28. The predicted octanol–water partition coefficient (Wildman–Crippen LogP) is 0.745. The number of aliphatic hydroxyl groups excluding tert-OH is 2. The zero-order valence-corrected chi connectivity index (χ0v) is 46.6. The SMILES string of the molecule is CC(O)C(NC(=O)C(CCCCN)NC(=O)C(Cc1c[nH]c2ccccc12)NC(=O)C(Cc1ccccc1)NC(=O)C(NC(=O)C(CCCCN)NC(=O)C(Cc1c[nH]c2ccccc12)NC(=O)C(N)Cc1ccccc1)C(C)O)C(=O)O. The van der Waals surface area contributed by atoms with Gasteiger partial charge in [0, 0.05) is 53.5 Å². The number of nitrogens with two attached hydrogens (primary N) is 3.